The number of anilines is 1. The molecule has 2 aromatic rings. The van der Waals surface area contributed by atoms with Gasteiger partial charge in [-0.15, -0.1) is 0 Å². The molecule has 2 rings (SSSR count). The predicted octanol–water partition coefficient (Wildman–Crippen LogP) is 3.46. The van der Waals surface area contributed by atoms with Gasteiger partial charge < -0.3 is 4.74 Å². The van der Waals surface area contributed by atoms with Crippen LogP contribution in [0.1, 0.15) is 18.1 Å². The fourth-order valence-corrected chi connectivity index (χ4v) is 3.97. The van der Waals surface area contributed by atoms with E-state index in [0.29, 0.717) is 6.42 Å². The van der Waals surface area contributed by atoms with Crippen LogP contribution in [0.2, 0.25) is 5.02 Å². The van der Waals surface area contributed by atoms with Gasteiger partial charge in [0.05, 0.1) is 16.4 Å². The van der Waals surface area contributed by atoms with Crippen LogP contribution in [0.25, 0.3) is 0 Å². The Balaban J connectivity index is 2.28. The van der Waals surface area contributed by atoms with Crippen molar-refractivity contribution in [3.8, 4) is 0 Å². The smallest absolute Gasteiger partial charge is 0.302 e. The van der Waals surface area contributed by atoms with Crippen LogP contribution in [0.15, 0.2) is 41.3 Å². The van der Waals surface area contributed by atoms with Crippen LogP contribution in [0.4, 0.5) is 11.4 Å². The minimum absolute atomic E-state index is 0.135. The summed E-state index contributed by atoms with van der Waals surface area (Å²) in [4.78, 5) is 20.9. The van der Waals surface area contributed by atoms with Crippen LogP contribution < -0.4 is 4.72 Å². The van der Waals surface area contributed by atoms with Gasteiger partial charge in [0.2, 0.25) is 0 Å². The number of nitrogens with one attached hydrogen (secondary N) is 1. The number of hydrogen-bond acceptors (Lipinski definition) is 6. The summed E-state index contributed by atoms with van der Waals surface area (Å²) in [5.74, 6) is -0.397. The van der Waals surface area contributed by atoms with E-state index in [2.05, 4.69) is 4.72 Å². The standard InChI is InChI=1S/C17H17ClN2O6S/c1-11-8-15(18)16(20(22)23)10-17(11)27(24,25)19-14-5-3-4-13(9-14)6-7-26-12(2)21/h3-5,8-10,19H,6-7H2,1-2H3. The SMILES string of the molecule is CC(=O)OCCc1cccc(NS(=O)(=O)c2cc([N+](=O)[O-])c(Cl)cc2C)c1. The minimum atomic E-state index is -4.07. The molecule has 10 heteroatoms. The molecule has 0 saturated heterocycles. The van der Waals surface area contributed by atoms with E-state index in [4.69, 9.17) is 16.3 Å². The van der Waals surface area contributed by atoms with E-state index >= 15 is 0 Å². The van der Waals surface area contributed by atoms with Crippen molar-refractivity contribution in [3.05, 3.63) is 62.7 Å². The van der Waals surface area contributed by atoms with Crippen LogP contribution in [-0.4, -0.2) is 25.9 Å². The topological polar surface area (TPSA) is 116 Å². The van der Waals surface area contributed by atoms with Crippen molar-refractivity contribution < 1.29 is 22.9 Å². The molecule has 0 aliphatic heterocycles. The van der Waals surface area contributed by atoms with Crippen LogP contribution in [-0.2, 0) is 26.0 Å². The number of sulfonamides is 1. The molecular weight excluding hydrogens is 396 g/mol. The quantitative estimate of drug-likeness (QED) is 0.423. The second-order valence-electron chi connectivity index (χ2n) is 5.72. The summed E-state index contributed by atoms with van der Waals surface area (Å²) >= 11 is 5.81. The molecule has 144 valence electrons. The lowest BCUT2D eigenvalue weighted by atomic mass is 10.1. The average Bonchev–Trinajstić information content (AvgIpc) is 2.53. The van der Waals surface area contributed by atoms with Crippen LogP contribution in [0.5, 0.6) is 0 Å². The summed E-state index contributed by atoms with van der Waals surface area (Å²) in [5.41, 5.74) is 0.837. The number of hydrogen-bond donors (Lipinski definition) is 1. The summed E-state index contributed by atoms with van der Waals surface area (Å²) in [6, 6.07) is 8.74. The average molecular weight is 413 g/mol. The lowest BCUT2D eigenvalue weighted by Gasteiger charge is -2.12. The van der Waals surface area contributed by atoms with Gasteiger partial charge in [-0.1, -0.05) is 23.7 Å². The van der Waals surface area contributed by atoms with E-state index in [1.807, 2.05) is 0 Å². The monoisotopic (exact) mass is 412 g/mol. The van der Waals surface area contributed by atoms with Gasteiger partial charge in [0.1, 0.15) is 5.02 Å². The number of nitro groups is 1. The number of nitrogens with zero attached hydrogens (tertiary/aromatic N) is 1. The maximum atomic E-state index is 12.7. The summed E-state index contributed by atoms with van der Waals surface area (Å²) in [6.45, 7) is 2.98. The first-order chi connectivity index (χ1) is 12.6. The largest absolute Gasteiger partial charge is 0.466 e. The number of carbonyl (C=O) groups excluding carboxylic acids is 1. The zero-order valence-electron chi connectivity index (χ0n) is 14.6. The lowest BCUT2D eigenvalue weighted by molar-refractivity contribution is -0.384. The summed E-state index contributed by atoms with van der Waals surface area (Å²) in [6.07, 6.45) is 0.417. The van der Waals surface area contributed by atoms with Crippen molar-refractivity contribution in [2.45, 2.75) is 25.2 Å². The van der Waals surface area contributed by atoms with E-state index in [1.165, 1.54) is 19.9 Å². The Morgan fingerprint density at radius 1 is 1.30 bits per heavy atom. The van der Waals surface area contributed by atoms with E-state index in [9.17, 15) is 23.3 Å². The molecule has 0 radical (unpaired) electrons. The molecule has 0 aliphatic carbocycles. The minimum Gasteiger partial charge on any atom is -0.466 e. The molecular formula is C17H17ClN2O6S. The number of carbonyl (C=O) groups is 1. The fourth-order valence-electron chi connectivity index (χ4n) is 2.38. The number of esters is 1. The van der Waals surface area contributed by atoms with E-state index in [1.54, 1.807) is 24.3 Å². The molecule has 0 bridgehead atoms. The first-order valence-electron chi connectivity index (χ1n) is 7.80. The van der Waals surface area contributed by atoms with Crippen LogP contribution in [0.3, 0.4) is 0 Å². The molecule has 0 fully saturated rings. The zero-order chi connectivity index (χ0) is 20.2. The first kappa shape index (κ1) is 20.7. The molecule has 0 heterocycles. The third kappa shape index (κ3) is 5.41. The molecule has 0 amide bonds. The Bertz CT molecular complexity index is 991. The molecule has 1 N–H and O–H groups in total. The Hall–Kier alpha value is -2.65. The number of ether oxygens (including phenoxy) is 1. The van der Waals surface area contributed by atoms with Crippen molar-refractivity contribution in [1.29, 1.82) is 0 Å². The summed E-state index contributed by atoms with van der Waals surface area (Å²) < 4.78 is 32.6. The molecule has 0 aliphatic rings. The maximum absolute atomic E-state index is 12.7. The fraction of sp³-hybridized carbons (Fsp3) is 0.235. The van der Waals surface area contributed by atoms with Crippen molar-refractivity contribution in [2.75, 3.05) is 11.3 Å². The first-order valence-corrected chi connectivity index (χ1v) is 9.66. The summed E-state index contributed by atoms with van der Waals surface area (Å²) in [7, 11) is -4.07. The van der Waals surface area contributed by atoms with Gasteiger partial charge in [-0.2, -0.15) is 0 Å². The van der Waals surface area contributed by atoms with Crippen molar-refractivity contribution >= 4 is 39.0 Å². The Labute approximate surface area is 161 Å². The van der Waals surface area contributed by atoms with E-state index < -0.39 is 26.6 Å². The zero-order valence-corrected chi connectivity index (χ0v) is 16.1. The van der Waals surface area contributed by atoms with Crippen molar-refractivity contribution in [3.63, 3.8) is 0 Å². The van der Waals surface area contributed by atoms with Gasteiger partial charge in [-0.05, 0) is 36.2 Å². The van der Waals surface area contributed by atoms with Crippen LogP contribution in [0, 0.1) is 17.0 Å². The molecule has 2 aromatic carbocycles. The Morgan fingerprint density at radius 3 is 2.63 bits per heavy atom. The molecule has 0 aromatic heterocycles. The molecule has 0 unspecified atom stereocenters. The van der Waals surface area contributed by atoms with E-state index in [0.717, 1.165) is 11.6 Å². The second-order valence-corrected chi connectivity index (χ2v) is 7.78. The summed E-state index contributed by atoms with van der Waals surface area (Å²) in [5, 5.41) is 10.9. The molecule has 27 heavy (non-hydrogen) atoms. The number of nitro benzene ring substituents is 1. The Kier molecular flexibility index (Phi) is 6.40. The van der Waals surface area contributed by atoms with Crippen LogP contribution >= 0.6 is 11.6 Å². The maximum Gasteiger partial charge on any atom is 0.302 e. The highest BCUT2D eigenvalue weighted by Gasteiger charge is 2.23. The predicted molar refractivity (Wildman–Crippen MR) is 100 cm³/mol. The third-order valence-corrected chi connectivity index (χ3v) is 5.43. The van der Waals surface area contributed by atoms with Gasteiger partial charge in [0.15, 0.2) is 0 Å². The molecule has 0 atom stereocenters. The Morgan fingerprint density at radius 2 is 2.00 bits per heavy atom. The normalized spacial score (nSPS) is 11.1. The van der Waals surface area contributed by atoms with Crippen molar-refractivity contribution in [1.82, 2.24) is 0 Å². The van der Waals surface area contributed by atoms with Gasteiger partial charge in [-0.25, -0.2) is 8.42 Å². The highest BCUT2D eigenvalue weighted by Crippen LogP contribution is 2.31. The molecule has 0 spiro atoms. The van der Waals surface area contributed by atoms with E-state index in [-0.39, 0.29) is 27.8 Å². The number of halogens is 1. The van der Waals surface area contributed by atoms with Gasteiger partial charge in [0, 0.05) is 25.1 Å². The number of aryl methyl sites for hydroxylation is 1. The third-order valence-electron chi connectivity index (χ3n) is 3.61. The number of rotatable bonds is 7. The van der Waals surface area contributed by atoms with Gasteiger partial charge >= 0.3 is 5.97 Å². The lowest BCUT2D eigenvalue weighted by Crippen LogP contribution is -2.15. The second kappa shape index (κ2) is 8.36. The highest BCUT2D eigenvalue weighted by molar-refractivity contribution is 7.92. The van der Waals surface area contributed by atoms with Crippen molar-refractivity contribution in [2.24, 2.45) is 0 Å². The molecule has 8 nitrogen and oxygen atoms in total. The highest BCUT2D eigenvalue weighted by atomic mass is 35.5. The van der Waals surface area contributed by atoms with Gasteiger partial charge in [-0.3, -0.25) is 19.6 Å². The van der Waals surface area contributed by atoms with Gasteiger partial charge in [0.25, 0.3) is 15.7 Å². The number of benzene rings is 2. The molecule has 0 saturated carbocycles.